The Kier molecular flexibility index (Phi) is 6.57. The van der Waals surface area contributed by atoms with Crippen LogP contribution in [0, 0.1) is 0 Å². The Morgan fingerprint density at radius 2 is 1.96 bits per heavy atom. The van der Waals surface area contributed by atoms with Crippen molar-refractivity contribution in [3.63, 3.8) is 0 Å². The summed E-state index contributed by atoms with van der Waals surface area (Å²) < 4.78 is 24.9. The molecule has 0 unspecified atom stereocenters. The Hall–Kier alpha value is -1.66. The van der Waals surface area contributed by atoms with Crippen LogP contribution in [0.1, 0.15) is 43.7 Å². The van der Waals surface area contributed by atoms with E-state index in [2.05, 4.69) is 11.4 Å². The average molecular weight is 350 g/mol. The second kappa shape index (κ2) is 8.44. The van der Waals surface area contributed by atoms with Gasteiger partial charge in [0.2, 0.25) is 15.9 Å². The molecule has 0 radical (unpaired) electrons. The van der Waals surface area contributed by atoms with Crippen LogP contribution in [-0.4, -0.2) is 38.5 Å². The summed E-state index contributed by atoms with van der Waals surface area (Å²) in [5.41, 5.74) is 2.05. The van der Waals surface area contributed by atoms with Crippen molar-refractivity contribution in [2.24, 2.45) is 0 Å². The molecule has 0 aromatic heterocycles. The SMILES string of the molecule is CN([C@@H](C(=O)NCCC1=CCCCC1)c1ccccc1)S(C)(=O)=O. The summed E-state index contributed by atoms with van der Waals surface area (Å²) in [6.45, 7) is 0.533. The van der Waals surface area contributed by atoms with E-state index in [1.807, 2.05) is 6.07 Å². The van der Waals surface area contributed by atoms with E-state index >= 15 is 0 Å². The normalized spacial score (nSPS) is 16.5. The standard InChI is InChI=1S/C18H26N2O3S/c1-20(24(2,22)23)17(16-11-7-4-8-12-16)18(21)19-14-13-15-9-5-3-6-10-15/h4,7-9,11-12,17H,3,5-6,10,13-14H2,1-2H3,(H,19,21)/t17-/m1/s1. The molecule has 0 bridgehead atoms. The van der Waals surface area contributed by atoms with Crippen LogP contribution in [0.3, 0.4) is 0 Å². The molecule has 1 aromatic rings. The maximum absolute atomic E-state index is 12.6. The highest BCUT2D eigenvalue weighted by Gasteiger charge is 2.30. The highest BCUT2D eigenvalue weighted by molar-refractivity contribution is 7.88. The number of sulfonamides is 1. The van der Waals surface area contributed by atoms with Gasteiger partial charge in [-0.3, -0.25) is 4.79 Å². The zero-order chi connectivity index (χ0) is 17.6. The molecule has 0 fully saturated rings. The highest BCUT2D eigenvalue weighted by atomic mass is 32.2. The molecule has 5 nitrogen and oxygen atoms in total. The van der Waals surface area contributed by atoms with E-state index in [4.69, 9.17) is 0 Å². The van der Waals surface area contributed by atoms with Crippen LogP contribution in [-0.2, 0) is 14.8 Å². The molecule has 0 saturated heterocycles. The van der Waals surface area contributed by atoms with Crippen molar-refractivity contribution in [2.45, 2.75) is 38.1 Å². The zero-order valence-corrected chi connectivity index (χ0v) is 15.2. The van der Waals surface area contributed by atoms with Gasteiger partial charge in [-0.05, 0) is 37.7 Å². The topological polar surface area (TPSA) is 66.5 Å². The molecule has 0 spiro atoms. The maximum atomic E-state index is 12.6. The number of carbonyl (C=O) groups excluding carboxylic acids is 1. The van der Waals surface area contributed by atoms with E-state index < -0.39 is 16.1 Å². The molecule has 24 heavy (non-hydrogen) atoms. The van der Waals surface area contributed by atoms with Gasteiger partial charge in [0, 0.05) is 13.6 Å². The van der Waals surface area contributed by atoms with Crippen LogP contribution in [0.4, 0.5) is 0 Å². The van der Waals surface area contributed by atoms with Crippen molar-refractivity contribution < 1.29 is 13.2 Å². The summed E-state index contributed by atoms with van der Waals surface area (Å²) in [5.74, 6) is -0.287. The summed E-state index contributed by atoms with van der Waals surface area (Å²) in [4.78, 5) is 12.6. The summed E-state index contributed by atoms with van der Waals surface area (Å²) in [6, 6.07) is 8.15. The summed E-state index contributed by atoms with van der Waals surface area (Å²) in [5, 5.41) is 2.90. The first-order chi connectivity index (χ1) is 11.4. The molecule has 132 valence electrons. The first-order valence-corrected chi connectivity index (χ1v) is 10.2. The number of carbonyl (C=O) groups is 1. The lowest BCUT2D eigenvalue weighted by Gasteiger charge is -2.25. The van der Waals surface area contributed by atoms with Gasteiger partial charge in [-0.1, -0.05) is 42.0 Å². The van der Waals surface area contributed by atoms with Crippen molar-refractivity contribution in [3.05, 3.63) is 47.5 Å². The molecule has 1 amide bonds. The lowest BCUT2D eigenvalue weighted by atomic mass is 9.97. The maximum Gasteiger partial charge on any atom is 0.243 e. The largest absolute Gasteiger partial charge is 0.354 e. The Labute approximate surface area is 144 Å². The quantitative estimate of drug-likeness (QED) is 0.769. The number of allylic oxidation sites excluding steroid dienone is 1. The van der Waals surface area contributed by atoms with Gasteiger partial charge in [0.15, 0.2) is 0 Å². The van der Waals surface area contributed by atoms with Crippen molar-refractivity contribution in [1.82, 2.24) is 9.62 Å². The number of nitrogens with zero attached hydrogens (tertiary/aromatic N) is 1. The number of amides is 1. The molecule has 1 aromatic carbocycles. The monoisotopic (exact) mass is 350 g/mol. The summed E-state index contributed by atoms with van der Waals surface area (Å²) in [6.07, 6.45) is 8.87. The molecule has 6 heteroatoms. The third kappa shape index (κ3) is 5.18. The fraction of sp³-hybridized carbons (Fsp3) is 0.500. The number of hydrogen-bond donors (Lipinski definition) is 1. The summed E-state index contributed by atoms with van der Waals surface area (Å²) >= 11 is 0. The Balaban J connectivity index is 2.06. The minimum Gasteiger partial charge on any atom is -0.354 e. The van der Waals surface area contributed by atoms with E-state index in [0.29, 0.717) is 12.1 Å². The Bertz CT molecular complexity index is 683. The van der Waals surface area contributed by atoms with Gasteiger partial charge in [-0.25, -0.2) is 8.42 Å². The smallest absolute Gasteiger partial charge is 0.243 e. The van der Waals surface area contributed by atoms with Crippen LogP contribution in [0.15, 0.2) is 42.0 Å². The van der Waals surface area contributed by atoms with Crippen molar-refractivity contribution in [1.29, 1.82) is 0 Å². The van der Waals surface area contributed by atoms with E-state index in [1.54, 1.807) is 24.3 Å². The average Bonchev–Trinajstić information content (AvgIpc) is 2.56. The van der Waals surface area contributed by atoms with Crippen LogP contribution >= 0.6 is 0 Å². The van der Waals surface area contributed by atoms with Gasteiger partial charge in [0.05, 0.1) is 6.26 Å². The Morgan fingerprint density at radius 1 is 1.25 bits per heavy atom. The van der Waals surface area contributed by atoms with Gasteiger partial charge < -0.3 is 5.32 Å². The number of rotatable bonds is 7. The van der Waals surface area contributed by atoms with Crippen molar-refractivity contribution in [2.75, 3.05) is 19.8 Å². The van der Waals surface area contributed by atoms with E-state index in [0.717, 1.165) is 29.8 Å². The number of hydrogen-bond acceptors (Lipinski definition) is 3. The van der Waals surface area contributed by atoms with Gasteiger partial charge in [0.1, 0.15) is 6.04 Å². The zero-order valence-electron chi connectivity index (χ0n) is 14.4. The third-order valence-electron chi connectivity index (χ3n) is 4.38. The minimum absolute atomic E-state index is 0.287. The second-order valence-corrected chi connectivity index (χ2v) is 8.28. The van der Waals surface area contributed by atoms with Gasteiger partial charge >= 0.3 is 0 Å². The summed E-state index contributed by atoms with van der Waals surface area (Å²) in [7, 11) is -2.04. The predicted molar refractivity (Wildman–Crippen MR) is 96.0 cm³/mol. The molecule has 1 atom stereocenters. The number of nitrogens with one attached hydrogen (secondary N) is 1. The fourth-order valence-corrected chi connectivity index (χ4v) is 3.53. The number of likely N-dealkylation sites (N-methyl/N-ethyl adjacent to an activating group) is 1. The molecule has 1 aliphatic rings. The first kappa shape index (κ1) is 18.7. The van der Waals surface area contributed by atoms with Crippen molar-refractivity contribution in [3.8, 4) is 0 Å². The van der Waals surface area contributed by atoms with Crippen LogP contribution in [0.5, 0.6) is 0 Å². The molecule has 0 saturated carbocycles. The molecular weight excluding hydrogens is 324 g/mol. The van der Waals surface area contributed by atoms with Crippen LogP contribution in [0.2, 0.25) is 0 Å². The van der Waals surface area contributed by atoms with Crippen molar-refractivity contribution >= 4 is 15.9 Å². The van der Waals surface area contributed by atoms with E-state index in [1.165, 1.54) is 25.5 Å². The van der Waals surface area contributed by atoms with E-state index in [-0.39, 0.29) is 5.91 Å². The molecule has 0 heterocycles. The molecule has 2 rings (SSSR count). The third-order valence-corrected chi connectivity index (χ3v) is 5.64. The molecule has 1 N–H and O–H groups in total. The highest BCUT2D eigenvalue weighted by Crippen LogP contribution is 2.23. The lowest BCUT2D eigenvalue weighted by Crippen LogP contribution is -2.41. The predicted octanol–water partition coefficient (Wildman–Crippen LogP) is 2.63. The lowest BCUT2D eigenvalue weighted by molar-refractivity contribution is -0.124. The van der Waals surface area contributed by atoms with Crippen LogP contribution in [0.25, 0.3) is 0 Å². The molecule has 0 aliphatic heterocycles. The van der Waals surface area contributed by atoms with Gasteiger partial charge in [0.25, 0.3) is 0 Å². The van der Waals surface area contributed by atoms with Gasteiger partial charge in [-0.15, -0.1) is 0 Å². The Morgan fingerprint density at radius 3 is 2.54 bits per heavy atom. The van der Waals surface area contributed by atoms with E-state index in [9.17, 15) is 13.2 Å². The van der Waals surface area contributed by atoms with Gasteiger partial charge in [-0.2, -0.15) is 4.31 Å². The molecule has 1 aliphatic carbocycles. The minimum atomic E-state index is -3.48. The molecular formula is C18H26N2O3S. The van der Waals surface area contributed by atoms with Crippen LogP contribution < -0.4 is 5.32 Å². The second-order valence-electron chi connectivity index (χ2n) is 6.24. The number of benzene rings is 1. The fourth-order valence-electron chi connectivity index (χ4n) is 2.93. The first-order valence-electron chi connectivity index (χ1n) is 8.33.